The molecule has 1 aliphatic rings. The summed E-state index contributed by atoms with van der Waals surface area (Å²) in [7, 11) is 3.79. The molecule has 0 amide bonds. The molecule has 6 nitrogen and oxygen atoms in total. The fourth-order valence-electron chi connectivity index (χ4n) is 3.01. The van der Waals surface area contributed by atoms with Gasteiger partial charge in [-0.25, -0.2) is 4.98 Å². The minimum absolute atomic E-state index is 0.0467. The Labute approximate surface area is 162 Å². The number of nitrogens with zero attached hydrogens (tertiary/aromatic N) is 4. The second-order valence-corrected chi connectivity index (χ2v) is 8.10. The van der Waals surface area contributed by atoms with Crippen molar-refractivity contribution in [1.29, 1.82) is 0 Å². The number of rotatable bonds is 10. The van der Waals surface area contributed by atoms with Crippen LogP contribution in [-0.4, -0.2) is 66.6 Å². The van der Waals surface area contributed by atoms with Crippen molar-refractivity contribution in [2.45, 2.75) is 65.3 Å². The maximum Gasteiger partial charge on any atom is 0.194 e. The van der Waals surface area contributed by atoms with Crippen LogP contribution in [0.5, 0.6) is 0 Å². The quantitative estimate of drug-likeness (QED) is 0.498. The number of hydrogen-bond donors (Lipinski definition) is 1. The normalized spacial score (nSPS) is 16.4. The van der Waals surface area contributed by atoms with E-state index in [1.807, 2.05) is 6.92 Å². The smallest absolute Gasteiger partial charge is 0.194 e. The van der Waals surface area contributed by atoms with Crippen LogP contribution in [0.4, 0.5) is 0 Å². The van der Waals surface area contributed by atoms with Crippen molar-refractivity contribution in [2.24, 2.45) is 4.99 Å². The predicted octanol–water partition coefficient (Wildman–Crippen LogP) is 3.12. The van der Waals surface area contributed by atoms with Gasteiger partial charge in [-0.05, 0) is 40.5 Å². The summed E-state index contributed by atoms with van der Waals surface area (Å²) in [6, 6.07) is 1.37. The minimum Gasteiger partial charge on any atom is -0.375 e. The van der Waals surface area contributed by atoms with Gasteiger partial charge in [0, 0.05) is 44.7 Å². The Morgan fingerprint density at radius 2 is 2.15 bits per heavy atom. The monoisotopic (exact) mass is 381 g/mol. The molecule has 1 saturated carbocycles. The summed E-state index contributed by atoms with van der Waals surface area (Å²) in [6.07, 6.45) is 2.73. The van der Waals surface area contributed by atoms with Crippen molar-refractivity contribution in [1.82, 2.24) is 20.1 Å². The average molecular weight is 382 g/mol. The first-order valence-corrected chi connectivity index (χ1v) is 10.6. The van der Waals surface area contributed by atoms with Crippen molar-refractivity contribution < 1.29 is 4.74 Å². The first-order valence-electron chi connectivity index (χ1n) is 9.68. The zero-order valence-electron chi connectivity index (χ0n) is 17.2. The van der Waals surface area contributed by atoms with Gasteiger partial charge in [-0.3, -0.25) is 9.89 Å². The number of guanidine groups is 1. The summed E-state index contributed by atoms with van der Waals surface area (Å²) in [6.45, 7) is 12.1. The van der Waals surface area contributed by atoms with E-state index >= 15 is 0 Å². The van der Waals surface area contributed by atoms with Crippen LogP contribution in [0.1, 0.15) is 57.3 Å². The molecule has 7 heteroatoms. The van der Waals surface area contributed by atoms with Crippen LogP contribution >= 0.6 is 11.3 Å². The van der Waals surface area contributed by atoms with E-state index in [0.717, 1.165) is 48.9 Å². The molecule has 1 heterocycles. The van der Waals surface area contributed by atoms with E-state index in [1.165, 1.54) is 12.8 Å². The number of aliphatic imine (C=N–C) groups is 1. The highest BCUT2D eigenvalue weighted by Crippen LogP contribution is 2.28. The van der Waals surface area contributed by atoms with Gasteiger partial charge >= 0.3 is 0 Å². The Bertz CT molecular complexity index is 568. The lowest BCUT2D eigenvalue weighted by Gasteiger charge is -2.26. The van der Waals surface area contributed by atoms with Crippen molar-refractivity contribution in [3.05, 3.63) is 16.1 Å². The van der Waals surface area contributed by atoms with Gasteiger partial charge in [-0.1, -0.05) is 0 Å². The van der Waals surface area contributed by atoms with E-state index in [-0.39, 0.29) is 6.10 Å². The van der Waals surface area contributed by atoms with Gasteiger partial charge in [0.15, 0.2) is 5.96 Å². The molecular weight excluding hydrogens is 346 g/mol. The van der Waals surface area contributed by atoms with Crippen molar-refractivity contribution in [2.75, 3.05) is 33.8 Å². The van der Waals surface area contributed by atoms with Crippen LogP contribution in [0.15, 0.2) is 10.4 Å². The number of methoxy groups -OCH3 is 1. The highest BCUT2D eigenvalue weighted by molar-refractivity contribution is 7.09. The van der Waals surface area contributed by atoms with Gasteiger partial charge in [-0.2, -0.15) is 0 Å². The third-order valence-corrected chi connectivity index (χ3v) is 5.72. The van der Waals surface area contributed by atoms with E-state index in [2.05, 4.69) is 53.3 Å². The molecule has 0 radical (unpaired) electrons. The molecule has 1 fully saturated rings. The highest BCUT2D eigenvalue weighted by atomic mass is 32.1. The lowest BCUT2D eigenvalue weighted by Crippen LogP contribution is -2.40. The molecule has 1 N–H and O–H groups in total. The first kappa shape index (κ1) is 21.1. The fraction of sp³-hybridized carbons (Fsp3) is 0.789. The molecule has 1 aromatic rings. The Morgan fingerprint density at radius 3 is 2.73 bits per heavy atom. The van der Waals surface area contributed by atoms with E-state index in [9.17, 15) is 0 Å². The number of thiazole rings is 1. The van der Waals surface area contributed by atoms with Crippen LogP contribution in [0.3, 0.4) is 0 Å². The minimum atomic E-state index is 0.0467. The van der Waals surface area contributed by atoms with Crippen LogP contribution in [0, 0.1) is 0 Å². The van der Waals surface area contributed by atoms with Gasteiger partial charge in [0.1, 0.15) is 11.1 Å². The molecule has 1 aliphatic carbocycles. The lowest BCUT2D eigenvalue weighted by molar-refractivity contribution is 0.119. The largest absolute Gasteiger partial charge is 0.375 e. The van der Waals surface area contributed by atoms with Gasteiger partial charge in [0.05, 0.1) is 18.8 Å². The second kappa shape index (κ2) is 10.2. The van der Waals surface area contributed by atoms with Gasteiger partial charge in [0.2, 0.25) is 0 Å². The average Bonchev–Trinajstić information content (AvgIpc) is 3.34. The molecule has 0 bridgehead atoms. The number of aromatic nitrogens is 1. The zero-order chi connectivity index (χ0) is 19.1. The number of hydrogen-bond acceptors (Lipinski definition) is 5. The Balaban J connectivity index is 1.92. The molecular formula is C19H35N5OS. The van der Waals surface area contributed by atoms with Crippen LogP contribution < -0.4 is 5.32 Å². The van der Waals surface area contributed by atoms with Crippen LogP contribution in [-0.2, 0) is 11.3 Å². The summed E-state index contributed by atoms with van der Waals surface area (Å²) in [4.78, 5) is 14.3. The Kier molecular flexibility index (Phi) is 8.31. The van der Waals surface area contributed by atoms with E-state index in [1.54, 1.807) is 18.4 Å². The van der Waals surface area contributed by atoms with E-state index in [4.69, 9.17) is 9.73 Å². The van der Waals surface area contributed by atoms with Crippen LogP contribution in [0.2, 0.25) is 0 Å². The predicted molar refractivity (Wildman–Crippen MR) is 110 cm³/mol. The molecule has 26 heavy (non-hydrogen) atoms. The maximum absolute atomic E-state index is 5.35. The van der Waals surface area contributed by atoms with Gasteiger partial charge < -0.3 is 15.0 Å². The SMILES string of the molecule is CCNC(=NCCN(C(C)C)C1CC1)N(C)Cc1csc(C(C)OC)n1. The molecule has 1 aromatic heterocycles. The van der Waals surface area contributed by atoms with E-state index < -0.39 is 0 Å². The maximum atomic E-state index is 5.35. The van der Waals surface area contributed by atoms with Gasteiger partial charge in [0.25, 0.3) is 0 Å². The van der Waals surface area contributed by atoms with Crippen molar-refractivity contribution in [3.8, 4) is 0 Å². The highest BCUT2D eigenvalue weighted by Gasteiger charge is 2.30. The topological polar surface area (TPSA) is 53.0 Å². The Hall–Kier alpha value is -1.18. The third-order valence-electron chi connectivity index (χ3n) is 4.67. The summed E-state index contributed by atoms with van der Waals surface area (Å²) in [5, 5.41) is 6.53. The summed E-state index contributed by atoms with van der Waals surface area (Å²) in [5.41, 5.74) is 1.06. The molecule has 1 atom stereocenters. The zero-order valence-corrected chi connectivity index (χ0v) is 18.0. The Morgan fingerprint density at radius 1 is 1.42 bits per heavy atom. The number of nitrogens with one attached hydrogen (secondary N) is 1. The molecule has 1 unspecified atom stereocenters. The number of ether oxygens (including phenoxy) is 1. The summed E-state index contributed by atoms with van der Waals surface area (Å²) >= 11 is 1.65. The van der Waals surface area contributed by atoms with Crippen LogP contribution in [0.25, 0.3) is 0 Å². The second-order valence-electron chi connectivity index (χ2n) is 7.21. The molecule has 2 rings (SSSR count). The molecule has 0 saturated heterocycles. The summed E-state index contributed by atoms with van der Waals surface area (Å²) < 4.78 is 5.35. The molecule has 0 aliphatic heterocycles. The fourth-order valence-corrected chi connectivity index (χ4v) is 3.85. The molecule has 0 spiro atoms. The lowest BCUT2D eigenvalue weighted by atomic mass is 10.3. The standard InChI is InChI=1S/C19H35N5OS/c1-7-20-19(21-10-11-24(14(2)3)17-8-9-17)23(5)12-16-13-26-18(22-16)15(4)25-6/h13-15,17H,7-12H2,1-6H3,(H,20,21). The van der Waals surface area contributed by atoms with E-state index in [0.29, 0.717) is 6.04 Å². The van der Waals surface area contributed by atoms with Crippen molar-refractivity contribution >= 4 is 17.3 Å². The third kappa shape index (κ3) is 6.21. The molecule has 148 valence electrons. The van der Waals surface area contributed by atoms with Gasteiger partial charge in [-0.15, -0.1) is 11.3 Å². The summed E-state index contributed by atoms with van der Waals surface area (Å²) in [5.74, 6) is 0.946. The van der Waals surface area contributed by atoms with Crippen molar-refractivity contribution in [3.63, 3.8) is 0 Å². The first-order chi connectivity index (χ1) is 12.5. The molecule has 0 aromatic carbocycles.